The summed E-state index contributed by atoms with van der Waals surface area (Å²) in [5, 5.41) is 4.53. The predicted octanol–water partition coefficient (Wildman–Crippen LogP) is 5.55. The van der Waals surface area contributed by atoms with E-state index in [9.17, 15) is 18.4 Å². The number of anilines is 1. The molecule has 14 nitrogen and oxygen atoms in total. The van der Waals surface area contributed by atoms with Crippen LogP contribution in [0.3, 0.4) is 0 Å². The van der Waals surface area contributed by atoms with Crippen molar-refractivity contribution in [3.8, 4) is 23.0 Å². The third-order valence-electron chi connectivity index (χ3n) is 6.91. The molecule has 4 aromatic heterocycles. The molecule has 0 radical (unpaired) electrons. The maximum Gasteiger partial charge on any atom is 0.294 e. The second kappa shape index (κ2) is 16.8. The Bertz CT molecular complexity index is 2240. The van der Waals surface area contributed by atoms with Crippen molar-refractivity contribution in [3.63, 3.8) is 0 Å². The fraction of sp³-hybridized carbons (Fsp3) is 0.212. The van der Waals surface area contributed by atoms with E-state index in [2.05, 4.69) is 30.1 Å². The molecular weight excluding hydrogens is 676 g/mol. The van der Waals surface area contributed by atoms with Gasteiger partial charge in [0, 0.05) is 57.5 Å². The van der Waals surface area contributed by atoms with Crippen molar-refractivity contribution in [2.45, 2.75) is 11.6 Å². The Morgan fingerprint density at radius 3 is 1.84 bits per heavy atom. The van der Waals surface area contributed by atoms with Crippen molar-refractivity contribution in [3.05, 3.63) is 105 Å². The lowest BCUT2D eigenvalue weighted by atomic mass is 10.3. The maximum atomic E-state index is 13.8. The zero-order valence-electron chi connectivity index (χ0n) is 27.3. The van der Waals surface area contributed by atoms with Gasteiger partial charge in [-0.3, -0.25) is 18.7 Å². The molecule has 2 aromatic carbocycles. The van der Waals surface area contributed by atoms with E-state index < -0.39 is 22.8 Å². The van der Waals surface area contributed by atoms with Gasteiger partial charge in [0.1, 0.15) is 23.3 Å². The van der Waals surface area contributed by atoms with E-state index in [1.165, 1.54) is 72.0 Å². The van der Waals surface area contributed by atoms with E-state index in [0.29, 0.717) is 41.2 Å². The van der Waals surface area contributed by atoms with Crippen LogP contribution >= 0.6 is 12.0 Å². The molecule has 0 atom stereocenters. The van der Waals surface area contributed by atoms with Crippen molar-refractivity contribution in [1.82, 2.24) is 29.1 Å². The molecule has 4 heterocycles. The number of hydrogen-bond acceptors (Lipinski definition) is 13. The number of nitrogens with one attached hydrogen (secondary N) is 1. The molecule has 0 spiro atoms. The Kier molecular flexibility index (Phi) is 12.0. The zero-order valence-corrected chi connectivity index (χ0v) is 28.1. The van der Waals surface area contributed by atoms with Gasteiger partial charge in [-0.15, -0.1) is 0 Å². The van der Waals surface area contributed by atoms with Crippen molar-refractivity contribution in [2.24, 2.45) is 14.1 Å². The van der Waals surface area contributed by atoms with Gasteiger partial charge in [0.15, 0.2) is 34.6 Å². The maximum absolute atomic E-state index is 13.8. The summed E-state index contributed by atoms with van der Waals surface area (Å²) in [6.07, 6.45) is 3.91. The Morgan fingerprint density at radius 2 is 1.30 bits per heavy atom. The van der Waals surface area contributed by atoms with E-state index in [-0.39, 0.29) is 28.2 Å². The molecule has 0 unspecified atom stereocenters. The second-order valence-corrected chi connectivity index (χ2v) is 11.0. The van der Waals surface area contributed by atoms with Gasteiger partial charge in [0.05, 0.1) is 7.11 Å². The molecule has 0 bridgehead atoms. The number of rotatable bonds is 12. The Labute approximate surface area is 287 Å². The predicted molar refractivity (Wildman–Crippen MR) is 181 cm³/mol. The number of aryl methyl sites for hydroxylation is 2. The number of aromatic nitrogens is 6. The van der Waals surface area contributed by atoms with Gasteiger partial charge in [0.2, 0.25) is 11.1 Å². The lowest BCUT2D eigenvalue weighted by Crippen LogP contribution is -2.20. The standard InChI is InChI=1S/C18H19FN4O3.C15H12FN3O4S/c1-23-16-12(11-21-18(22-16)20-8-5-9-25-2)10-15(17(23)24)26-14-7-4-3-6-13(14)19;1-19-13-9(8-17-15(18-13)24-23-21-2)7-12(14(19)20)22-11-6-4-3-5-10(11)16/h3-4,6-7,10-11H,5,8-9H2,1-2H3,(H,20,21,22);3-8H,1-2H3. The largest absolute Gasteiger partial charge is 0.448 e. The van der Waals surface area contributed by atoms with Crippen LogP contribution in [0.25, 0.3) is 22.1 Å². The summed E-state index contributed by atoms with van der Waals surface area (Å²) >= 11 is 0.818. The fourth-order valence-corrected chi connectivity index (χ4v) is 4.81. The topological polar surface area (TPSA) is 154 Å². The first-order chi connectivity index (χ1) is 24.2. The summed E-state index contributed by atoms with van der Waals surface area (Å²) in [4.78, 5) is 46.3. The van der Waals surface area contributed by atoms with Crippen LogP contribution in [-0.4, -0.2) is 56.4 Å². The van der Waals surface area contributed by atoms with Crippen molar-refractivity contribution >= 4 is 40.1 Å². The molecule has 0 amide bonds. The van der Waals surface area contributed by atoms with Gasteiger partial charge in [-0.25, -0.2) is 28.6 Å². The van der Waals surface area contributed by atoms with Crippen LogP contribution in [0.15, 0.2) is 87.8 Å². The van der Waals surface area contributed by atoms with Crippen molar-refractivity contribution in [1.29, 1.82) is 0 Å². The number of para-hydroxylation sites is 2. The molecule has 17 heteroatoms. The van der Waals surface area contributed by atoms with Crippen molar-refractivity contribution < 1.29 is 32.2 Å². The van der Waals surface area contributed by atoms with Gasteiger partial charge in [-0.1, -0.05) is 24.3 Å². The lowest BCUT2D eigenvalue weighted by Gasteiger charge is -2.11. The highest BCUT2D eigenvalue weighted by Gasteiger charge is 2.15. The molecular formula is C33H31F2N7O7S. The van der Waals surface area contributed by atoms with Crippen LogP contribution in [0.1, 0.15) is 6.42 Å². The summed E-state index contributed by atoms with van der Waals surface area (Å²) in [5.74, 6) is -0.731. The highest BCUT2D eigenvalue weighted by molar-refractivity contribution is 7.94. The smallest absolute Gasteiger partial charge is 0.294 e. The van der Waals surface area contributed by atoms with Crippen LogP contribution in [-0.2, 0) is 28.1 Å². The number of benzene rings is 2. The second-order valence-electron chi connectivity index (χ2n) is 10.3. The number of pyridine rings is 2. The fourth-order valence-electron chi connectivity index (χ4n) is 4.46. The van der Waals surface area contributed by atoms with Gasteiger partial charge in [0.25, 0.3) is 11.1 Å². The monoisotopic (exact) mass is 707 g/mol. The molecule has 0 aliphatic rings. The molecule has 0 fully saturated rings. The minimum Gasteiger partial charge on any atom is -0.448 e. The number of halogens is 2. The molecule has 0 aliphatic carbocycles. The van der Waals surface area contributed by atoms with Crippen LogP contribution in [0, 0.1) is 11.6 Å². The van der Waals surface area contributed by atoms with E-state index in [1.807, 2.05) is 0 Å². The van der Waals surface area contributed by atoms with E-state index in [1.54, 1.807) is 38.6 Å². The molecule has 1 N–H and O–H groups in total. The van der Waals surface area contributed by atoms with Crippen LogP contribution in [0.4, 0.5) is 14.7 Å². The molecule has 0 saturated carbocycles. The SMILES string of the molecule is COCCCNc1ncc2cc(Oc3ccccc3F)c(=O)n(C)c2n1.COOSc1ncc2cc(Oc3ccccc3F)c(=O)n(C)c2n1. The molecule has 260 valence electrons. The highest BCUT2D eigenvalue weighted by Crippen LogP contribution is 2.26. The average Bonchev–Trinajstić information content (AvgIpc) is 3.12. The summed E-state index contributed by atoms with van der Waals surface area (Å²) in [6.45, 7) is 1.29. The minimum atomic E-state index is -0.556. The Hall–Kier alpha value is -5.49. The third kappa shape index (κ3) is 8.56. The summed E-state index contributed by atoms with van der Waals surface area (Å²) in [6, 6.07) is 14.7. The first-order valence-electron chi connectivity index (χ1n) is 14.9. The quantitative estimate of drug-likeness (QED) is 0.0556. The van der Waals surface area contributed by atoms with Crippen LogP contribution in [0.5, 0.6) is 23.0 Å². The van der Waals surface area contributed by atoms with Gasteiger partial charge in [-0.05, 0) is 42.8 Å². The lowest BCUT2D eigenvalue weighted by molar-refractivity contribution is -0.160. The number of ether oxygens (including phenoxy) is 3. The summed E-state index contributed by atoms with van der Waals surface area (Å²) < 4.78 is 50.7. The van der Waals surface area contributed by atoms with Crippen LogP contribution in [0.2, 0.25) is 0 Å². The van der Waals surface area contributed by atoms with Crippen LogP contribution < -0.4 is 25.9 Å². The van der Waals surface area contributed by atoms with Gasteiger partial charge < -0.3 is 19.5 Å². The average molecular weight is 708 g/mol. The molecule has 6 rings (SSSR count). The van der Waals surface area contributed by atoms with Gasteiger partial charge >= 0.3 is 0 Å². The summed E-state index contributed by atoms with van der Waals surface area (Å²) in [5.41, 5.74) is -0.0175. The van der Waals surface area contributed by atoms with E-state index >= 15 is 0 Å². The molecule has 50 heavy (non-hydrogen) atoms. The highest BCUT2D eigenvalue weighted by atomic mass is 32.2. The number of hydrogen-bond donors (Lipinski definition) is 1. The first kappa shape index (κ1) is 35.8. The number of nitrogens with zero attached hydrogens (tertiary/aromatic N) is 6. The number of fused-ring (bicyclic) bond motifs is 2. The van der Waals surface area contributed by atoms with E-state index in [4.69, 9.17) is 18.5 Å². The Morgan fingerprint density at radius 1 is 0.760 bits per heavy atom. The minimum absolute atomic E-state index is 0.00880. The molecule has 6 aromatic rings. The number of methoxy groups -OCH3 is 1. The summed E-state index contributed by atoms with van der Waals surface area (Å²) in [7, 11) is 6.12. The van der Waals surface area contributed by atoms with Crippen molar-refractivity contribution in [2.75, 3.05) is 32.7 Å². The normalized spacial score (nSPS) is 10.9. The Balaban J connectivity index is 0.000000195. The van der Waals surface area contributed by atoms with E-state index in [0.717, 1.165) is 18.5 Å². The first-order valence-corrected chi connectivity index (χ1v) is 15.6. The molecule has 0 saturated heterocycles. The molecule has 0 aliphatic heterocycles. The van der Waals surface area contributed by atoms with Gasteiger partial charge in [-0.2, -0.15) is 9.32 Å². The third-order valence-corrected chi connectivity index (χ3v) is 7.46. The zero-order chi connectivity index (χ0) is 35.6.